The van der Waals surface area contributed by atoms with E-state index < -0.39 is 5.82 Å². The Kier molecular flexibility index (Phi) is 9.57. The van der Waals surface area contributed by atoms with Crippen molar-refractivity contribution in [2.24, 2.45) is 0 Å². The molecule has 7 nitrogen and oxygen atoms in total. The van der Waals surface area contributed by atoms with Crippen LogP contribution in [0.25, 0.3) is 22.1 Å². The summed E-state index contributed by atoms with van der Waals surface area (Å²) in [6.07, 6.45) is 7.73. The van der Waals surface area contributed by atoms with Gasteiger partial charge in [-0.25, -0.2) is 28.7 Å². The lowest BCUT2D eigenvalue weighted by Gasteiger charge is -1.91. The Morgan fingerprint density at radius 1 is 0.862 bits per heavy atom. The minimum Gasteiger partial charge on any atom is -0.381 e. The molecule has 158 valence electrons. The van der Waals surface area contributed by atoms with Gasteiger partial charge in [0.05, 0.1) is 16.5 Å². The van der Waals surface area contributed by atoms with E-state index in [2.05, 4.69) is 29.9 Å². The highest BCUT2D eigenvalue weighted by Crippen LogP contribution is 2.20. The summed E-state index contributed by atoms with van der Waals surface area (Å²) in [5.41, 5.74) is 1.63. The van der Waals surface area contributed by atoms with Crippen molar-refractivity contribution in [3.05, 3.63) is 47.5 Å². The van der Waals surface area contributed by atoms with Crippen molar-refractivity contribution in [2.75, 3.05) is 13.2 Å². The third-order valence-electron chi connectivity index (χ3n) is 3.81. The molecule has 1 aliphatic rings. The van der Waals surface area contributed by atoms with E-state index in [0.29, 0.717) is 22.4 Å². The molecule has 5 rings (SSSR count). The summed E-state index contributed by atoms with van der Waals surface area (Å²) >= 11 is 5.59. The van der Waals surface area contributed by atoms with E-state index in [4.69, 9.17) is 16.3 Å². The number of fused-ring (bicyclic) bond motifs is 2. The van der Waals surface area contributed by atoms with E-state index >= 15 is 0 Å². The summed E-state index contributed by atoms with van der Waals surface area (Å²) in [7, 11) is 0. The first-order valence-electron chi connectivity index (χ1n) is 8.23. The maximum Gasteiger partial charge on any atom is 0.153 e. The van der Waals surface area contributed by atoms with Crippen LogP contribution in [0.5, 0.6) is 0 Å². The van der Waals surface area contributed by atoms with Gasteiger partial charge in [-0.3, -0.25) is 0 Å². The van der Waals surface area contributed by atoms with Crippen LogP contribution in [-0.4, -0.2) is 43.1 Å². The van der Waals surface area contributed by atoms with Gasteiger partial charge < -0.3 is 14.7 Å². The van der Waals surface area contributed by atoms with Crippen molar-refractivity contribution in [3.63, 3.8) is 0 Å². The number of nitrogens with one attached hydrogen (secondary N) is 2. The molecule has 0 atom stereocenters. The first-order valence-corrected chi connectivity index (χ1v) is 8.60. The number of aromatic amines is 2. The smallest absolute Gasteiger partial charge is 0.153 e. The van der Waals surface area contributed by atoms with Crippen molar-refractivity contribution in [1.29, 1.82) is 0 Å². The van der Waals surface area contributed by atoms with Crippen LogP contribution in [0.1, 0.15) is 33.4 Å². The van der Waals surface area contributed by atoms with Crippen LogP contribution in [0.15, 0.2) is 25.0 Å². The molecule has 0 aliphatic carbocycles. The Bertz CT molecular complexity index is 946. The SMILES string of the molecule is C.C.C1CCOC1.Cc1ncnc2[nH]cc(F)c12.Fc1c[nH]c2ncnc(Cl)c12. The maximum absolute atomic E-state index is 12.9. The summed E-state index contributed by atoms with van der Waals surface area (Å²) in [6, 6.07) is 0. The van der Waals surface area contributed by atoms with Crippen LogP contribution in [0.2, 0.25) is 5.15 Å². The number of hydrogen-bond acceptors (Lipinski definition) is 5. The molecule has 29 heavy (non-hydrogen) atoms. The molecule has 10 heteroatoms. The third-order valence-corrected chi connectivity index (χ3v) is 4.10. The predicted octanol–water partition coefficient (Wildman–Crippen LogP) is 5.22. The van der Waals surface area contributed by atoms with Crippen LogP contribution >= 0.6 is 11.6 Å². The van der Waals surface area contributed by atoms with Crippen molar-refractivity contribution in [3.8, 4) is 0 Å². The number of ether oxygens (including phenoxy) is 1. The van der Waals surface area contributed by atoms with Crippen LogP contribution < -0.4 is 0 Å². The molecule has 1 fully saturated rings. The van der Waals surface area contributed by atoms with Crippen LogP contribution in [0, 0.1) is 18.6 Å². The Balaban J connectivity index is 0.000000224. The molecule has 0 amide bonds. The highest BCUT2D eigenvalue weighted by atomic mass is 35.5. The molecule has 4 aromatic heterocycles. The monoisotopic (exact) mass is 426 g/mol. The largest absolute Gasteiger partial charge is 0.381 e. The van der Waals surface area contributed by atoms with Gasteiger partial charge in [0.1, 0.15) is 29.1 Å². The lowest BCUT2D eigenvalue weighted by Crippen LogP contribution is -1.85. The van der Waals surface area contributed by atoms with Gasteiger partial charge in [0.25, 0.3) is 0 Å². The molecule has 4 aromatic rings. The molecule has 0 unspecified atom stereocenters. The maximum atomic E-state index is 12.9. The summed E-state index contributed by atoms with van der Waals surface area (Å²) in [5, 5.41) is 0.857. The van der Waals surface area contributed by atoms with E-state index in [1.54, 1.807) is 6.92 Å². The summed E-state index contributed by atoms with van der Waals surface area (Å²) < 4.78 is 30.7. The molecule has 0 bridgehead atoms. The number of rotatable bonds is 0. The zero-order valence-electron chi connectivity index (χ0n) is 14.5. The average molecular weight is 427 g/mol. The summed E-state index contributed by atoms with van der Waals surface area (Å²) in [4.78, 5) is 20.5. The van der Waals surface area contributed by atoms with Gasteiger partial charge in [0.15, 0.2) is 11.6 Å². The van der Waals surface area contributed by atoms with Crippen LogP contribution in [0.4, 0.5) is 8.78 Å². The Hall–Kier alpha value is -2.65. The molecule has 0 spiro atoms. The minimum absolute atomic E-state index is 0. The van der Waals surface area contributed by atoms with Gasteiger partial charge in [-0.05, 0) is 19.8 Å². The lowest BCUT2D eigenvalue weighted by molar-refractivity contribution is 0.198. The number of halogens is 3. The lowest BCUT2D eigenvalue weighted by atomic mass is 10.3. The van der Waals surface area contributed by atoms with E-state index in [9.17, 15) is 8.78 Å². The fourth-order valence-corrected chi connectivity index (χ4v) is 2.70. The summed E-state index contributed by atoms with van der Waals surface area (Å²) in [6.45, 7) is 3.75. The van der Waals surface area contributed by atoms with Gasteiger partial charge in [0, 0.05) is 25.6 Å². The number of aryl methyl sites for hydroxylation is 1. The molecule has 0 aromatic carbocycles. The molecule has 0 saturated carbocycles. The molecule has 0 radical (unpaired) electrons. The molecule has 2 N–H and O–H groups in total. The normalized spacial score (nSPS) is 12.3. The zero-order chi connectivity index (χ0) is 19.2. The highest BCUT2D eigenvalue weighted by Gasteiger charge is 2.08. The van der Waals surface area contributed by atoms with E-state index in [1.807, 2.05) is 0 Å². The standard InChI is InChI=1S/C7H6FN3.C6H3ClFN3.C4H8O.2CH4/c1-4-6-5(8)2-9-7(6)11-3-10-4;7-5-4-3(8)1-9-6(4)11-2-10-5;1-2-4-5-3-1;;/h2-3H,1H3,(H,9,10,11);1-2H,(H,9,10,11);1-4H2;2*1H4. The second-order valence-corrected chi connectivity index (χ2v) is 6.02. The second-order valence-electron chi connectivity index (χ2n) is 5.66. The predicted molar refractivity (Wildman–Crippen MR) is 111 cm³/mol. The third kappa shape index (κ3) is 5.91. The van der Waals surface area contributed by atoms with E-state index in [0.717, 1.165) is 13.2 Å². The van der Waals surface area contributed by atoms with Gasteiger partial charge >= 0.3 is 0 Å². The van der Waals surface area contributed by atoms with Crippen molar-refractivity contribution >= 4 is 33.7 Å². The van der Waals surface area contributed by atoms with Crippen molar-refractivity contribution in [1.82, 2.24) is 29.9 Å². The fourth-order valence-electron chi connectivity index (χ4n) is 2.47. The first-order chi connectivity index (χ1) is 13.1. The van der Waals surface area contributed by atoms with Crippen molar-refractivity contribution < 1.29 is 13.5 Å². The quantitative estimate of drug-likeness (QED) is 0.376. The zero-order valence-corrected chi connectivity index (χ0v) is 15.2. The van der Waals surface area contributed by atoms with Crippen LogP contribution in [-0.2, 0) is 4.74 Å². The number of nitrogens with zero attached hydrogens (tertiary/aromatic N) is 4. The van der Waals surface area contributed by atoms with Crippen molar-refractivity contribution in [2.45, 2.75) is 34.6 Å². The topological polar surface area (TPSA) is 92.4 Å². The van der Waals surface area contributed by atoms with E-state index in [1.165, 1.54) is 37.9 Å². The average Bonchev–Trinajstić information content (AvgIpc) is 3.40. The number of aromatic nitrogens is 6. The van der Waals surface area contributed by atoms with Crippen LogP contribution in [0.3, 0.4) is 0 Å². The summed E-state index contributed by atoms with van der Waals surface area (Å²) in [5.74, 6) is -0.719. The molecule has 1 aliphatic heterocycles. The van der Waals surface area contributed by atoms with E-state index in [-0.39, 0.29) is 31.2 Å². The Morgan fingerprint density at radius 2 is 1.38 bits per heavy atom. The highest BCUT2D eigenvalue weighted by molar-refractivity contribution is 6.33. The van der Waals surface area contributed by atoms with Gasteiger partial charge in [-0.1, -0.05) is 26.5 Å². The molecular formula is C19H25ClF2N6O. The number of H-pyrrole nitrogens is 2. The second kappa shape index (κ2) is 11.4. The van der Waals surface area contributed by atoms with Gasteiger partial charge in [-0.15, -0.1) is 0 Å². The fraction of sp³-hybridized carbons (Fsp3) is 0.368. The molecule has 5 heterocycles. The first kappa shape index (κ1) is 24.4. The molecule has 1 saturated heterocycles. The minimum atomic E-state index is -0.425. The number of hydrogen-bond donors (Lipinski definition) is 2. The Labute approximate surface area is 172 Å². The van der Waals surface area contributed by atoms with Gasteiger partial charge in [-0.2, -0.15) is 0 Å². The Morgan fingerprint density at radius 3 is 1.86 bits per heavy atom. The van der Waals surface area contributed by atoms with Gasteiger partial charge in [0.2, 0.25) is 0 Å². The molecular weight excluding hydrogens is 402 g/mol.